The minimum Gasteiger partial charge on any atom is -0.398 e. The molecule has 0 spiro atoms. The van der Waals surface area contributed by atoms with Gasteiger partial charge in [0.15, 0.2) is 5.82 Å². The maximum atomic E-state index is 8.80. The van der Waals surface area contributed by atoms with E-state index in [9.17, 15) is 0 Å². The summed E-state index contributed by atoms with van der Waals surface area (Å²) in [5.74, 6) is 0.551. The highest BCUT2D eigenvalue weighted by atomic mass is 16.5. The van der Waals surface area contributed by atoms with Gasteiger partial charge in [-0.15, -0.1) is 0 Å². The fourth-order valence-electron chi connectivity index (χ4n) is 1.21. The van der Waals surface area contributed by atoms with Gasteiger partial charge in [-0.1, -0.05) is 5.16 Å². The number of hydrogen-bond acceptors (Lipinski definition) is 6. The standard InChI is InChI=1S/C10H9N5O/c11-4-7-3-8(1-2-9(7)12)13-5-10-14-6-16-15-10/h1-3,6,13H,5,12H2. The minimum atomic E-state index is 0.436. The van der Waals surface area contributed by atoms with Gasteiger partial charge in [-0.05, 0) is 18.2 Å². The molecule has 80 valence electrons. The zero-order chi connectivity index (χ0) is 11.4. The van der Waals surface area contributed by atoms with Crippen molar-refractivity contribution in [1.82, 2.24) is 10.1 Å². The Balaban J connectivity index is 2.08. The Morgan fingerprint density at radius 1 is 1.50 bits per heavy atom. The second-order valence-electron chi connectivity index (χ2n) is 3.11. The van der Waals surface area contributed by atoms with Crippen LogP contribution in [0.15, 0.2) is 29.1 Å². The molecule has 0 saturated carbocycles. The van der Waals surface area contributed by atoms with E-state index in [-0.39, 0.29) is 0 Å². The molecule has 3 N–H and O–H groups in total. The van der Waals surface area contributed by atoms with Crippen molar-refractivity contribution < 1.29 is 4.52 Å². The molecule has 0 radical (unpaired) electrons. The first-order valence-corrected chi connectivity index (χ1v) is 4.58. The maximum absolute atomic E-state index is 8.80. The molecule has 2 rings (SSSR count). The SMILES string of the molecule is N#Cc1cc(NCc2ncon2)ccc1N. The van der Waals surface area contributed by atoms with Gasteiger partial charge in [-0.2, -0.15) is 10.2 Å². The average molecular weight is 215 g/mol. The van der Waals surface area contributed by atoms with Crippen LogP contribution < -0.4 is 11.1 Å². The Morgan fingerprint density at radius 2 is 2.38 bits per heavy atom. The van der Waals surface area contributed by atoms with Crippen molar-refractivity contribution >= 4 is 11.4 Å². The largest absolute Gasteiger partial charge is 0.398 e. The molecule has 0 saturated heterocycles. The van der Waals surface area contributed by atoms with E-state index in [1.54, 1.807) is 18.2 Å². The van der Waals surface area contributed by atoms with Gasteiger partial charge in [0.1, 0.15) is 6.07 Å². The molecular formula is C10H9N5O. The number of nitrogens with one attached hydrogen (secondary N) is 1. The molecule has 16 heavy (non-hydrogen) atoms. The average Bonchev–Trinajstić information content (AvgIpc) is 2.81. The fourth-order valence-corrected chi connectivity index (χ4v) is 1.21. The summed E-state index contributed by atoms with van der Waals surface area (Å²) < 4.78 is 4.59. The third kappa shape index (κ3) is 2.09. The van der Waals surface area contributed by atoms with E-state index in [2.05, 4.69) is 20.0 Å². The van der Waals surface area contributed by atoms with Gasteiger partial charge >= 0.3 is 0 Å². The first-order valence-electron chi connectivity index (χ1n) is 4.58. The third-order valence-electron chi connectivity index (χ3n) is 2.03. The lowest BCUT2D eigenvalue weighted by Crippen LogP contribution is -2.02. The maximum Gasteiger partial charge on any atom is 0.213 e. The smallest absolute Gasteiger partial charge is 0.213 e. The monoisotopic (exact) mass is 215 g/mol. The van der Waals surface area contributed by atoms with Crippen molar-refractivity contribution in [1.29, 1.82) is 5.26 Å². The van der Waals surface area contributed by atoms with Crippen LogP contribution >= 0.6 is 0 Å². The normalized spacial score (nSPS) is 9.69. The first-order chi connectivity index (χ1) is 7.79. The van der Waals surface area contributed by atoms with E-state index < -0.39 is 0 Å². The molecule has 0 fully saturated rings. The number of anilines is 2. The van der Waals surface area contributed by atoms with Crippen molar-refractivity contribution in [2.24, 2.45) is 0 Å². The molecule has 1 heterocycles. The lowest BCUT2D eigenvalue weighted by molar-refractivity contribution is 0.411. The van der Waals surface area contributed by atoms with Gasteiger partial charge in [0, 0.05) is 11.4 Å². The molecule has 2 aromatic rings. The summed E-state index contributed by atoms with van der Waals surface area (Å²) in [5.41, 5.74) is 7.30. The second kappa shape index (κ2) is 4.31. The quantitative estimate of drug-likeness (QED) is 0.744. The molecule has 0 amide bonds. The van der Waals surface area contributed by atoms with Crippen LogP contribution in [-0.2, 0) is 6.54 Å². The molecule has 1 aromatic heterocycles. The number of nitriles is 1. The van der Waals surface area contributed by atoms with Gasteiger partial charge in [0.05, 0.1) is 12.1 Å². The Labute approximate surface area is 91.7 Å². The number of nitrogens with zero attached hydrogens (tertiary/aromatic N) is 3. The highest BCUT2D eigenvalue weighted by Crippen LogP contribution is 2.17. The highest BCUT2D eigenvalue weighted by Gasteiger charge is 2.01. The molecule has 0 aliphatic carbocycles. The minimum absolute atomic E-state index is 0.436. The summed E-state index contributed by atoms with van der Waals surface area (Å²) in [4.78, 5) is 3.86. The Kier molecular flexibility index (Phi) is 2.69. The van der Waals surface area contributed by atoms with Gasteiger partial charge in [0.2, 0.25) is 6.39 Å². The van der Waals surface area contributed by atoms with Gasteiger partial charge < -0.3 is 15.6 Å². The molecule has 0 atom stereocenters. The summed E-state index contributed by atoms with van der Waals surface area (Å²) in [7, 11) is 0. The van der Waals surface area contributed by atoms with Crippen molar-refractivity contribution in [3.05, 3.63) is 36.0 Å². The van der Waals surface area contributed by atoms with E-state index in [1.807, 2.05) is 6.07 Å². The van der Waals surface area contributed by atoms with Crippen molar-refractivity contribution in [3.63, 3.8) is 0 Å². The van der Waals surface area contributed by atoms with E-state index in [4.69, 9.17) is 11.0 Å². The zero-order valence-corrected chi connectivity index (χ0v) is 8.34. The molecule has 0 bridgehead atoms. The fraction of sp³-hybridized carbons (Fsp3) is 0.100. The summed E-state index contributed by atoms with van der Waals surface area (Å²) in [6, 6.07) is 7.16. The van der Waals surface area contributed by atoms with Crippen LogP contribution in [0.25, 0.3) is 0 Å². The first kappa shape index (κ1) is 9.98. The number of nitrogen functional groups attached to an aromatic ring is 1. The highest BCUT2D eigenvalue weighted by molar-refractivity contribution is 5.61. The number of hydrogen-bond donors (Lipinski definition) is 2. The van der Waals surface area contributed by atoms with Crippen molar-refractivity contribution in [2.45, 2.75) is 6.54 Å². The number of benzene rings is 1. The van der Waals surface area contributed by atoms with E-state index in [0.717, 1.165) is 5.69 Å². The summed E-state index contributed by atoms with van der Waals surface area (Å²) in [5, 5.41) is 15.5. The van der Waals surface area contributed by atoms with Crippen LogP contribution in [0.3, 0.4) is 0 Å². The number of aromatic nitrogens is 2. The molecule has 1 aromatic carbocycles. The van der Waals surface area contributed by atoms with Crippen LogP contribution in [0.5, 0.6) is 0 Å². The Morgan fingerprint density at radius 3 is 3.06 bits per heavy atom. The van der Waals surface area contributed by atoms with Gasteiger partial charge in [0.25, 0.3) is 0 Å². The van der Waals surface area contributed by atoms with Gasteiger partial charge in [-0.25, -0.2) is 0 Å². The lowest BCUT2D eigenvalue weighted by Gasteiger charge is -2.04. The molecule has 6 heteroatoms. The van der Waals surface area contributed by atoms with Crippen LogP contribution in [0.2, 0.25) is 0 Å². The molecule has 0 unspecified atom stereocenters. The molecule has 0 aliphatic rings. The Bertz CT molecular complexity index is 515. The summed E-state index contributed by atoms with van der Waals surface area (Å²) in [6.45, 7) is 0.436. The molecular weight excluding hydrogens is 206 g/mol. The van der Waals surface area contributed by atoms with Crippen LogP contribution in [0.1, 0.15) is 11.4 Å². The second-order valence-corrected chi connectivity index (χ2v) is 3.11. The van der Waals surface area contributed by atoms with E-state index in [0.29, 0.717) is 23.6 Å². The predicted molar refractivity (Wildman–Crippen MR) is 57.2 cm³/mol. The summed E-state index contributed by atoms with van der Waals surface area (Å²) in [6.07, 6.45) is 1.26. The lowest BCUT2D eigenvalue weighted by atomic mass is 10.2. The van der Waals surface area contributed by atoms with Crippen molar-refractivity contribution in [2.75, 3.05) is 11.1 Å². The molecule has 6 nitrogen and oxygen atoms in total. The number of rotatable bonds is 3. The number of nitrogens with two attached hydrogens (primary N) is 1. The summed E-state index contributed by atoms with van der Waals surface area (Å²) >= 11 is 0. The molecule has 0 aliphatic heterocycles. The van der Waals surface area contributed by atoms with Crippen molar-refractivity contribution in [3.8, 4) is 6.07 Å². The predicted octanol–water partition coefficient (Wildman–Crippen LogP) is 1.14. The van der Waals surface area contributed by atoms with Gasteiger partial charge in [-0.3, -0.25) is 0 Å². The zero-order valence-electron chi connectivity index (χ0n) is 8.34. The van der Waals surface area contributed by atoms with Crippen LogP contribution in [0, 0.1) is 11.3 Å². The topological polar surface area (TPSA) is 101 Å². The van der Waals surface area contributed by atoms with Crippen LogP contribution in [-0.4, -0.2) is 10.1 Å². The van der Waals surface area contributed by atoms with E-state index in [1.165, 1.54) is 6.39 Å². The van der Waals surface area contributed by atoms with E-state index >= 15 is 0 Å². The Hall–Kier alpha value is -2.55. The van der Waals surface area contributed by atoms with Crippen LogP contribution in [0.4, 0.5) is 11.4 Å². The third-order valence-corrected chi connectivity index (χ3v) is 2.03.